The number of amides is 1. The van der Waals surface area contributed by atoms with Gasteiger partial charge in [-0.3, -0.25) is 14.8 Å². The molecule has 8 heteroatoms. The summed E-state index contributed by atoms with van der Waals surface area (Å²) in [7, 11) is 0. The van der Waals surface area contributed by atoms with E-state index in [1.165, 1.54) is 0 Å². The molecule has 1 aliphatic heterocycles. The summed E-state index contributed by atoms with van der Waals surface area (Å²) in [4.78, 5) is 27.2. The summed E-state index contributed by atoms with van der Waals surface area (Å²) in [5, 5.41) is 7.29. The Bertz CT molecular complexity index is 1300. The van der Waals surface area contributed by atoms with Gasteiger partial charge in [-0.2, -0.15) is 5.10 Å². The number of hydrogen-bond acceptors (Lipinski definition) is 5. The van der Waals surface area contributed by atoms with Crippen LogP contribution >= 0.6 is 15.9 Å². The number of aromatic nitrogens is 2. The Balaban J connectivity index is 1.63. The number of aromatic amines is 1. The van der Waals surface area contributed by atoms with Crippen LogP contribution in [0, 0.1) is 0 Å². The lowest BCUT2D eigenvalue weighted by Crippen LogP contribution is -2.29. The van der Waals surface area contributed by atoms with Crippen molar-refractivity contribution in [3.63, 3.8) is 0 Å². The van der Waals surface area contributed by atoms with Crippen molar-refractivity contribution >= 4 is 33.5 Å². The Kier molecular flexibility index (Phi) is 5.14. The average Bonchev–Trinajstić information content (AvgIpc) is 3.52. The molecule has 160 valence electrons. The van der Waals surface area contributed by atoms with Gasteiger partial charge in [0.25, 0.3) is 5.91 Å². The van der Waals surface area contributed by atoms with Gasteiger partial charge in [0.2, 0.25) is 0 Å². The van der Waals surface area contributed by atoms with E-state index in [4.69, 9.17) is 9.15 Å². The highest BCUT2D eigenvalue weighted by Crippen LogP contribution is 2.45. The number of fused-ring (bicyclic) bond motifs is 1. The molecule has 1 amide bonds. The number of benzene rings is 2. The predicted octanol–water partition coefficient (Wildman–Crippen LogP) is 5.36. The lowest BCUT2D eigenvalue weighted by atomic mass is 9.97. The maximum absolute atomic E-state index is 13.5. The third-order valence-electron chi connectivity index (χ3n) is 5.35. The minimum atomic E-state index is -0.428. The van der Waals surface area contributed by atoms with E-state index in [1.54, 1.807) is 48.4 Å². The number of nitrogens with zero attached hydrogens (tertiary/aromatic N) is 2. The molecule has 0 unspecified atom stereocenters. The third-order valence-corrected chi connectivity index (χ3v) is 5.84. The monoisotopic (exact) mass is 491 g/mol. The van der Waals surface area contributed by atoms with Crippen molar-refractivity contribution in [1.82, 2.24) is 10.2 Å². The minimum absolute atomic E-state index is 0.233. The van der Waals surface area contributed by atoms with Crippen LogP contribution in [0.2, 0.25) is 0 Å². The number of carbonyl (C=O) groups is 2. The summed E-state index contributed by atoms with van der Waals surface area (Å²) in [6.07, 6.45) is 1.58. The van der Waals surface area contributed by atoms with Crippen LogP contribution in [0.15, 0.2) is 75.8 Å². The second-order valence-electron chi connectivity index (χ2n) is 7.24. The fraction of sp³-hybridized carbons (Fsp3) is 0.125. The zero-order valence-electron chi connectivity index (χ0n) is 17.0. The standard InChI is InChI=1S/C24H18BrN3O4/c1-2-31-24(30)14-8-10-17(11-9-14)28-22(15-5-3-6-16(25)13-15)19-20(18-7-4-12-32-18)26-27-21(19)23(28)29/h3-13,22H,2H2,1H3,(H,26,27)/t22-/m1/s1. The van der Waals surface area contributed by atoms with Crippen molar-refractivity contribution in [2.24, 2.45) is 0 Å². The Morgan fingerprint density at radius 3 is 2.69 bits per heavy atom. The number of furan rings is 1. The van der Waals surface area contributed by atoms with E-state index in [2.05, 4.69) is 26.1 Å². The second kappa shape index (κ2) is 8.12. The molecule has 0 saturated carbocycles. The molecule has 2 aromatic heterocycles. The molecule has 3 heterocycles. The lowest BCUT2D eigenvalue weighted by molar-refractivity contribution is 0.0526. The van der Waals surface area contributed by atoms with Gasteiger partial charge >= 0.3 is 5.97 Å². The normalized spacial score (nSPS) is 15.1. The highest BCUT2D eigenvalue weighted by atomic mass is 79.9. The predicted molar refractivity (Wildman–Crippen MR) is 121 cm³/mol. The molecule has 5 rings (SSSR count). The first-order valence-electron chi connectivity index (χ1n) is 10.1. The molecule has 0 spiro atoms. The number of esters is 1. The summed E-state index contributed by atoms with van der Waals surface area (Å²) in [6.45, 7) is 2.06. The maximum atomic E-state index is 13.5. The molecule has 0 aliphatic carbocycles. The molecule has 0 saturated heterocycles. The summed E-state index contributed by atoms with van der Waals surface area (Å²) < 4.78 is 11.6. The molecular weight excluding hydrogens is 474 g/mol. The van der Waals surface area contributed by atoms with Crippen molar-refractivity contribution in [2.75, 3.05) is 11.5 Å². The number of hydrogen-bond donors (Lipinski definition) is 1. The van der Waals surface area contributed by atoms with Gasteiger partial charge in [-0.05, 0) is 61.0 Å². The molecule has 32 heavy (non-hydrogen) atoms. The smallest absolute Gasteiger partial charge is 0.338 e. The van der Waals surface area contributed by atoms with Crippen molar-refractivity contribution < 1.29 is 18.7 Å². The van der Waals surface area contributed by atoms with Gasteiger partial charge in [0.15, 0.2) is 11.5 Å². The lowest BCUT2D eigenvalue weighted by Gasteiger charge is -2.26. The zero-order valence-corrected chi connectivity index (χ0v) is 18.6. The molecule has 0 bridgehead atoms. The molecule has 2 aromatic carbocycles. The first-order chi connectivity index (χ1) is 15.6. The Morgan fingerprint density at radius 1 is 1.19 bits per heavy atom. The molecular formula is C24H18BrN3O4. The summed E-state index contributed by atoms with van der Waals surface area (Å²) in [5.41, 5.74) is 3.74. The Morgan fingerprint density at radius 2 is 2.00 bits per heavy atom. The van der Waals surface area contributed by atoms with E-state index in [0.29, 0.717) is 35.0 Å². The molecule has 0 fully saturated rings. The van der Waals surface area contributed by atoms with Gasteiger partial charge in [-0.1, -0.05) is 28.1 Å². The van der Waals surface area contributed by atoms with Gasteiger partial charge in [0.1, 0.15) is 5.69 Å². The van der Waals surface area contributed by atoms with E-state index >= 15 is 0 Å². The van der Waals surface area contributed by atoms with Crippen LogP contribution in [0.1, 0.15) is 44.9 Å². The Labute approximate surface area is 192 Å². The van der Waals surface area contributed by atoms with Crippen molar-refractivity contribution in [3.05, 3.63) is 93.8 Å². The number of carbonyl (C=O) groups excluding carboxylic acids is 2. The van der Waals surface area contributed by atoms with E-state index in [-0.39, 0.29) is 5.91 Å². The summed E-state index contributed by atoms with van der Waals surface area (Å²) >= 11 is 3.53. The Hall–Kier alpha value is -3.65. The maximum Gasteiger partial charge on any atom is 0.338 e. The number of nitrogens with one attached hydrogen (secondary N) is 1. The molecule has 1 aliphatic rings. The quantitative estimate of drug-likeness (QED) is 0.379. The topological polar surface area (TPSA) is 88.4 Å². The molecule has 7 nitrogen and oxygen atoms in total. The van der Waals surface area contributed by atoms with Gasteiger partial charge in [-0.25, -0.2) is 4.79 Å². The van der Waals surface area contributed by atoms with Gasteiger partial charge in [-0.15, -0.1) is 0 Å². The fourth-order valence-electron chi connectivity index (χ4n) is 3.98. The van der Waals surface area contributed by atoms with Crippen LogP contribution in [-0.2, 0) is 4.74 Å². The number of H-pyrrole nitrogens is 1. The molecule has 1 N–H and O–H groups in total. The highest BCUT2D eigenvalue weighted by Gasteiger charge is 2.43. The van der Waals surface area contributed by atoms with E-state index in [1.807, 2.05) is 30.3 Å². The van der Waals surface area contributed by atoms with Crippen LogP contribution < -0.4 is 4.90 Å². The number of halogens is 1. The first-order valence-corrected chi connectivity index (χ1v) is 10.9. The molecule has 0 radical (unpaired) electrons. The van der Waals surface area contributed by atoms with E-state index in [9.17, 15) is 9.59 Å². The van der Waals surface area contributed by atoms with Gasteiger partial charge in [0.05, 0.1) is 24.5 Å². The molecule has 4 aromatic rings. The second-order valence-corrected chi connectivity index (χ2v) is 8.15. The van der Waals surface area contributed by atoms with Gasteiger partial charge < -0.3 is 9.15 Å². The van der Waals surface area contributed by atoms with Crippen molar-refractivity contribution in [2.45, 2.75) is 13.0 Å². The first kappa shape index (κ1) is 20.3. The third kappa shape index (κ3) is 3.33. The zero-order chi connectivity index (χ0) is 22.2. The van der Waals surface area contributed by atoms with Gasteiger partial charge in [0, 0.05) is 15.7 Å². The van der Waals surface area contributed by atoms with Crippen LogP contribution in [0.5, 0.6) is 0 Å². The largest absolute Gasteiger partial charge is 0.463 e. The van der Waals surface area contributed by atoms with E-state index < -0.39 is 12.0 Å². The SMILES string of the molecule is CCOC(=O)c1ccc(N2C(=O)c3n[nH]c(-c4ccco4)c3[C@H]2c2cccc(Br)c2)cc1. The molecule has 1 atom stereocenters. The summed E-state index contributed by atoms with van der Waals surface area (Å²) in [5.74, 6) is -0.0300. The summed E-state index contributed by atoms with van der Waals surface area (Å²) in [6, 6.07) is 17.8. The van der Waals surface area contributed by atoms with Crippen LogP contribution in [0.4, 0.5) is 5.69 Å². The van der Waals surface area contributed by atoms with E-state index in [0.717, 1.165) is 15.6 Å². The fourth-order valence-corrected chi connectivity index (χ4v) is 4.40. The number of anilines is 1. The minimum Gasteiger partial charge on any atom is -0.463 e. The van der Waals surface area contributed by atoms with Crippen LogP contribution in [-0.4, -0.2) is 28.7 Å². The van der Waals surface area contributed by atoms with Crippen LogP contribution in [0.25, 0.3) is 11.5 Å². The number of ether oxygens (including phenoxy) is 1. The number of rotatable bonds is 5. The highest BCUT2D eigenvalue weighted by molar-refractivity contribution is 9.10. The van der Waals surface area contributed by atoms with Crippen LogP contribution in [0.3, 0.4) is 0 Å². The average molecular weight is 492 g/mol. The van der Waals surface area contributed by atoms with Crippen molar-refractivity contribution in [1.29, 1.82) is 0 Å². The van der Waals surface area contributed by atoms with Crippen molar-refractivity contribution in [3.8, 4) is 11.5 Å².